The molecule has 0 heterocycles. The summed E-state index contributed by atoms with van der Waals surface area (Å²) < 4.78 is 53.1. The van der Waals surface area contributed by atoms with Crippen molar-refractivity contribution in [2.45, 2.75) is 18.7 Å². The summed E-state index contributed by atoms with van der Waals surface area (Å²) in [6.07, 6.45) is -5.04. The first kappa shape index (κ1) is 20.6. The Bertz CT molecular complexity index is 727. The van der Waals surface area contributed by atoms with E-state index in [1.165, 1.54) is 19.2 Å². The van der Waals surface area contributed by atoms with E-state index in [0.717, 1.165) is 17.7 Å². The quantitative estimate of drug-likeness (QED) is 0.666. The monoisotopic (exact) mass is 384 g/mol. The SMILES string of the molecule is CO[C@@H](Cc1ccc(OCCOc2ccc(C(F)(F)F)cc2)cc1)C(=O)O. The fraction of sp³-hybridized carbons (Fsp3) is 0.316. The molecule has 0 aliphatic heterocycles. The lowest BCUT2D eigenvalue weighted by Gasteiger charge is -2.12. The minimum absolute atomic E-state index is 0.165. The number of methoxy groups -OCH3 is 1. The van der Waals surface area contributed by atoms with Crippen LogP contribution >= 0.6 is 0 Å². The lowest BCUT2D eigenvalue weighted by atomic mass is 10.1. The van der Waals surface area contributed by atoms with Gasteiger partial charge in [0, 0.05) is 13.5 Å². The third-order valence-electron chi connectivity index (χ3n) is 3.71. The number of aliphatic carboxylic acids is 1. The molecule has 0 spiro atoms. The van der Waals surface area contributed by atoms with Crippen LogP contribution in [0, 0.1) is 0 Å². The molecule has 8 heteroatoms. The molecule has 0 amide bonds. The van der Waals surface area contributed by atoms with E-state index in [2.05, 4.69) is 0 Å². The normalized spacial score (nSPS) is 12.4. The molecule has 0 saturated carbocycles. The second-order valence-electron chi connectivity index (χ2n) is 5.63. The Morgan fingerprint density at radius 2 is 1.44 bits per heavy atom. The van der Waals surface area contributed by atoms with E-state index < -0.39 is 23.8 Å². The molecule has 0 aliphatic rings. The first-order valence-electron chi connectivity index (χ1n) is 8.07. The lowest BCUT2D eigenvalue weighted by molar-refractivity contribution is -0.148. The second kappa shape index (κ2) is 9.27. The van der Waals surface area contributed by atoms with Crippen molar-refractivity contribution in [2.24, 2.45) is 0 Å². The van der Waals surface area contributed by atoms with Crippen molar-refractivity contribution in [1.82, 2.24) is 0 Å². The molecule has 0 fully saturated rings. The van der Waals surface area contributed by atoms with Gasteiger partial charge in [-0.05, 0) is 42.0 Å². The Morgan fingerprint density at radius 3 is 1.85 bits per heavy atom. The minimum atomic E-state index is -4.37. The average Bonchev–Trinajstić information content (AvgIpc) is 2.63. The van der Waals surface area contributed by atoms with Gasteiger partial charge in [-0.15, -0.1) is 0 Å². The number of rotatable bonds is 9. The Kier molecular flexibility index (Phi) is 7.06. The van der Waals surface area contributed by atoms with Crippen LogP contribution in [0.2, 0.25) is 0 Å². The first-order valence-corrected chi connectivity index (χ1v) is 8.07. The molecular weight excluding hydrogens is 365 g/mol. The van der Waals surface area contributed by atoms with Gasteiger partial charge >= 0.3 is 12.1 Å². The topological polar surface area (TPSA) is 65.0 Å². The predicted octanol–water partition coefficient (Wildman–Crippen LogP) is 3.81. The zero-order chi connectivity index (χ0) is 19.9. The number of carboxylic acid groups (broad SMARTS) is 1. The van der Waals surface area contributed by atoms with E-state index >= 15 is 0 Å². The fourth-order valence-electron chi connectivity index (χ4n) is 2.27. The van der Waals surface area contributed by atoms with Gasteiger partial charge in [0.15, 0.2) is 6.10 Å². The van der Waals surface area contributed by atoms with Crippen molar-refractivity contribution in [3.8, 4) is 11.5 Å². The van der Waals surface area contributed by atoms with Crippen molar-refractivity contribution < 1.29 is 37.3 Å². The zero-order valence-corrected chi connectivity index (χ0v) is 14.5. The Labute approximate surface area is 154 Å². The number of ether oxygens (including phenoxy) is 3. The summed E-state index contributed by atoms with van der Waals surface area (Å²) in [6, 6.07) is 11.3. The van der Waals surface area contributed by atoms with Crippen LogP contribution < -0.4 is 9.47 Å². The maximum atomic E-state index is 12.5. The van der Waals surface area contributed by atoms with Crippen LogP contribution in [-0.4, -0.2) is 37.5 Å². The third-order valence-corrected chi connectivity index (χ3v) is 3.71. The molecule has 146 valence electrons. The summed E-state index contributed by atoms with van der Waals surface area (Å²) in [7, 11) is 1.34. The molecule has 0 unspecified atom stereocenters. The van der Waals surface area contributed by atoms with E-state index in [-0.39, 0.29) is 19.6 Å². The molecule has 0 aromatic heterocycles. The van der Waals surface area contributed by atoms with Gasteiger partial charge in [0.1, 0.15) is 24.7 Å². The van der Waals surface area contributed by atoms with Crippen LogP contribution in [0.15, 0.2) is 48.5 Å². The van der Waals surface area contributed by atoms with Gasteiger partial charge in [-0.3, -0.25) is 0 Å². The molecule has 2 rings (SSSR count). The van der Waals surface area contributed by atoms with Gasteiger partial charge in [-0.25, -0.2) is 4.79 Å². The van der Waals surface area contributed by atoms with E-state index in [1.807, 2.05) is 0 Å². The van der Waals surface area contributed by atoms with Gasteiger partial charge in [0.25, 0.3) is 0 Å². The van der Waals surface area contributed by atoms with Crippen molar-refractivity contribution in [2.75, 3.05) is 20.3 Å². The second-order valence-corrected chi connectivity index (χ2v) is 5.63. The average molecular weight is 384 g/mol. The van der Waals surface area contributed by atoms with Crippen molar-refractivity contribution in [1.29, 1.82) is 0 Å². The Hall–Kier alpha value is -2.74. The highest BCUT2D eigenvalue weighted by atomic mass is 19.4. The first-order chi connectivity index (χ1) is 12.8. The summed E-state index contributed by atoms with van der Waals surface area (Å²) in [5.74, 6) is -0.140. The number of carbonyl (C=O) groups is 1. The van der Waals surface area contributed by atoms with Crippen LogP contribution in [0.5, 0.6) is 11.5 Å². The van der Waals surface area contributed by atoms with Crippen LogP contribution in [0.1, 0.15) is 11.1 Å². The van der Waals surface area contributed by atoms with E-state index in [9.17, 15) is 18.0 Å². The highest BCUT2D eigenvalue weighted by Crippen LogP contribution is 2.30. The molecular formula is C19H19F3O5. The van der Waals surface area contributed by atoms with Crippen LogP contribution in [0.3, 0.4) is 0 Å². The summed E-state index contributed by atoms with van der Waals surface area (Å²) in [5, 5.41) is 8.96. The van der Waals surface area contributed by atoms with Gasteiger partial charge in [-0.1, -0.05) is 12.1 Å². The number of carboxylic acids is 1. The van der Waals surface area contributed by atoms with Crippen molar-refractivity contribution in [3.63, 3.8) is 0 Å². The van der Waals surface area contributed by atoms with Crippen molar-refractivity contribution >= 4 is 5.97 Å². The predicted molar refractivity (Wildman–Crippen MR) is 91.0 cm³/mol. The summed E-state index contributed by atoms with van der Waals surface area (Å²) in [4.78, 5) is 10.9. The molecule has 27 heavy (non-hydrogen) atoms. The molecule has 1 N–H and O–H groups in total. The number of hydrogen-bond acceptors (Lipinski definition) is 4. The molecule has 0 aliphatic carbocycles. The van der Waals surface area contributed by atoms with Gasteiger partial charge < -0.3 is 19.3 Å². The minimum Gasteiger partial charge on any atom is -0.490 e. The number of halogens is 3. The van der Waals surface area contributed by atoms with Gasteiger partial charge in [0.2, 0.25) is 0 Å². The number of benzene rings is 2. The fourth-order valence-corrected chi connectivity index (χ4v) is 2.27. The smallest absolute Gasteiger partial charge is 0.416 e. The molecule has 0 saturated heterocycles. The Balaban J connectivity index is 1.76. The van der Waals surface area contributed by atoms with E-state index in [0.29, 0.717) is 11.5 Å². The van der Waals surface area contributed by atoms with E-state index in [1.54, 1.807) is 24.3 Å². The summed E-state index contributed by atoms with van der Waals surface area (Å²) in [6.45, 7) is 0.369. The number of alkyl halides is 3. The summed E-state index contributed by atoms with van der Waals surface area (Å²) >= 11 is 0. The molecule has 5 nitrogen and oxygen atoms in total. The van der Waals surface area contributed by atoms with Crippen molar-refractivity contribution in [3.05, 3.63) is 59.7 Å². The van der Waals surface area contributed by atoms with Crippen LogP contribution in [-0.2, 0) is 22.1 Å². The van der Waals surface area contributed by atoms with Gasteiger partial charge in [0.05, 0.1) is 5.56 Å². The summed E-state index contributed by atoms with van der Waals surface area (Å²) in [5.41, 5.74) is 0.0578. The highest BCUT2D eigenvalue weighted by molar-refractivity contribution is 5.72. The maximum Gasteiger partial charge on any atom is 0.416 e. The zero-order valence-electron chi connectivity index (χ0n) is 14.5. The van der Waals surface area contributed by atoms with E-state index in [4.69, 9.17) is 19.3 Å². The van der Waals surface area contributed by atoms with Crippen LogP contribution in [0.25, 0.3) is 0 Å². The standard InChI is InChI=1S/C19H19F3O5/c1-25-17(18(23)24)12-13-2-6-15(7-3-13)26-10-11-27-16-8-4-14(5-9-16)19(20,21)22/h2-9,17H,10-12H2,1H3,(H,23,24)/t17-/m0/s1. The maximum absolute atomic E-state index is 12.5. The molecule has 2 aromatic rings. The largest absolute Gasteiger partial charge is 0.490 e. The lowest BCUT2D eigenvalue weighted by Crippen LogP contribution is -2.24. The molecule has 0 bridgehead atoms. The van der Waals surface area contributed by atoms with Gasteiger partial charge in [-0.2, -0.15) is 13.2 Å². The van der Waals surface area contributed by atoms with Crippen LogP contribution in [0.4, 0.5) is 13.2 Å². The third kappa shape index (κ3) is 6.49. The molecule has 1 atom stereocenters. The molecule has 0 radical (unpaired) electrons. The Morgan fingerprint density at radius 1 is 0.963 bits per heavy atom. The molecule has 2 aromatic carbocycles. The number of hydrogen-bond donors (Lipinski definition) is 1. The highest BCUT2D eigenvalue weighted by Gasteiger charge is 2.30.